The second-order valence-corrected chi connectivity index (χ2v) is 4.22. The zero-order chi connectivity index (χ0) is 10.2. The van der Waals surface area contributed by atoms with Gasteiger partial charge in [0.25, 0.3) is 0 Å². The molecule has 2 N–H and O–H groups in total. The Labute approximate surface area is 84.1 Å². The minimum Gasteiger partial charge on any atom is -0.330 e. The monoisotopic (exact) mass is 193 g/mol. The van der Waals surface area contributed by atoms with Crippen LogP contribution in [0.25, 0.3) is 0 Å². The Kier molecular flexibility index (Phi) is 2.31. The van der Waals surface area contributed by atoms with Gasteiger partial charge in [0, 0.05) is 12.0 Å². The van der Waals surface area contributed by atoms with E-state index in [-0.39, 0.29) is 5.41 Å². The normalized spacial score (nSPS) is 20.5. The molecule has 1 aromatic rings. The number of rotatable bonds is 3. The molecule has 76 valence electrons. The third kappa shape index (κ3) is 1.55. The van der Waals surface area contributed by atoms with Crippen LogP contribution in [-0.2, 0) is 5.41 Å². The smallest absolute Gasteiger partial charge is 0.122 e. The first-order chi connectivity index (χ1) is 6.68. The lowest BCUT2D eigenvalue weighted by molar-refractivity contribution is 0.374. The second-order valence-electron chi connectivity index (χ2n) is 4.22. The molecule has 1 aromatic carbocycles. The van der Waals surface area contributed by atoms with Crippen molar-refractivity contribution in [3.63, 3.8) is 0 Å². The summed E-state index contributed by atoms with van der Waals surface area (Å²) in [6, 6.07) is 7.78. The van der Waals surface area contributed by atoms with Crippen LogP contribution in [0.2, 0.25) is 0 Å². The molecular formula is C12H16FN. The van der Waals surface area contributed by atoms with Gasteiger partial charge in [0.2, 0.25) is 0 Å². The van der Waals surface area contributed by atoms with Gasteiger partial charge in [-0.05, 0) is 30.9 Å². The maximum Gasteiger partial charge on any atom is 0.122 e. The standard InChI is InChI=1S/C12H16FN/c1-9(13)10-2-4-11(5-3-10)12(8-14)6-7-12/h2-5,9H,6-8,14H2,1H3. The lowest BCUT2D eigenvalue weighted by Gasteiger charge is -2.13. The van der Waals surface area contributed by atoms with Crippen LogP contribution in [0, 0.1) is 0 Å². The number of nitrogens with two attached hydrogens (primary N) is 1. The first-order valence-electron chi connectivity index (χ1n) is 5.12. The summed E-state index contributed by atoms with van der Waals surface area (Å²) in [5.74, 6) is 0. The SMILES string of the molecule is CC(F)c1ccc(C2(CN)CC2)cc1. The molecule has 0 bridgehead atoms. The van der Waals surface area contributed by atoms with Crippen LogP contribution in [0.1, 0.15) is 37.1 Å². The molecule has 1 aliphatic carbocycles. The highest BCUT2D eigenvalue weighted by atomic mass is 19.1. The first kappa shape index (κ1) is 9.66. The van der Waals surface area contributed by atoms with Crippen LogP contribution in [0.4, 0.5) is 4.39 Å². The Balaban J connectivity index is 2.22. The largest absolute Gasteiger partial charge is 0.330 e. The van der Waals surface area contributed by atoms with Crippen LogP contribution in [-0.4, -0.2) is 6.54 Å². The van der Waals surface area contributed by atoms with E-state index in [1.165, 1.54) is 18.4 Å². The third-order valence-electron chi connectivity index (χ3n) is 3.23. The maximum absolute atomic E-state index is 12.9. The molecule has 0 amide bonds. The highest BCUT2D eigenvalue weighted by Gasteiger charge is 2.42. The third-order valence-corrected chi connectivity index (χ3v) is 3.23. The number of hydrogen-bond donors (Lipinski definition) is 1. The molecule has 0 aromatic heterocycles. The van der Waals surface area contributed by atoms with Crippen molar-refractivity contribution in [3.8, 4) is 0 Å². The van der Waals surface area contributed by atoms with Crippen molar-refractivity contribution in [2.24, 2.45) is 5.73 Å². The predicted molar refractivity (Wildman–Crippen MR) is 55.9 cm³/mol. The molecule has 0 spiro atoms. The molecule has 1 saturated carbocycles. The molecule has 0 radical (unpaired) electrons. The fraction of sp³-hybridized carbons (Fsp3) is 0.500. The minimum atomic E-state index is -0.878. The highest BCUT2D eigenvalue weighted by molar-refractivity contribution is 5.34. The van der Waals surface area contributed by atoms with Gasteiger partial charge in [0.05, 0.1) is 0 Å². The molecule has 0 aliphatic heterocycles. The van der Waals surface area contributed by atoms with Crippen molar-refractivity contribution in [3.05, 3.63) is 35.4 Å². The van der Waals surface area contributed by atoms with Gasteiger partial charge in [-0.3, -0.25) is 0 Å². The van der Waals surface area contributed by atoms with Crippen LogP contribution in [0.5, 0.6) is 0 Å². The highest BCUT2D eigenvalue weighted by Crippen LogP contribution is 2.47. The van der Waals surface area contributed by atoms with E-state index in [9.17, 15) is 4.39 Å². The summed E-state index contributed by atoms with van der Waals surface area (Å²) >= 11 is 0. The van der Waals surface area contributed by atoms with E-state index in [0.29, 0.717) is 6.54 Å². The van der Waals surface area contributed by atoms with Gasteiger partial charge in [-0.25, -0.2) is 4.39 Å². The van der Waals surface area contributed by atoms with E-state index in [4.69, 9.17) is 5.73 Å². The van der Waals surface area contributed by atoms with Crippen molar-refractivity contribution in [1.29, 1.82) is 0 Å². The second kappa shape index (κ2) is 3.35. The lowest BCUT2D eigenvalue weighted by atomic mass is 9.95. The molecule has 0 saturated heterocycles. The summed E-state index contributed by atoms with van der Waals surface area (Å²) in [4.78, 5) is 0. The van der Waals surface area contributed by atoms with Crippen LogP contribution >= 0.6 is 0 Å². The van der Waals surface area contributed by atoms with Crippen LogP contribution < -0.4 is 5.73 Å². The van der Waals surface area contributed by atoms with E-state index in [0.717, 1.165) is 5.56 Å². The number of halogens is 1. The van der Waals surface area contributed by atoms with E-state index < -0.39 is 6.17 Å². The average Bonchev–Trinajstić information content (AvgIpc) is 2.99. The topological polar surface area (TPSA) is 26.0 Å². The van der Waals surface area contributed by atoms with Gasteiger partial charge < -0.3 is 5.73 Å². The fourth-order valence-corrected chi connectivity index (χ4v) is 1.86. The Morgan fingerprint density at radius 3 is 2.29 bits per heavy atom. The van der Waals surface area contributed by atoms with Gasteiger partial charge in [-0.1, -0.05) is 24.3 Å². The van der Waals surface area contributed by atoms with Crippen molar-refractivity contribution in [2.45, 2.75) is 31.4 Å². The van der Waals surface area contributed by atoms with Gasteiger partial charge >= 0.3 is 0 Å². The molecule has 1 aliphatic rings. The van der Waals surface area contributed by atoms with Crippen molar-refractivity contribution < 1.29 is 4.39 Å². The molecule has 14 heavy (non-hydrogen) atoms. The van der Waals surface area contributed by atoms with E-state index in [1.807, 2.05) is 24.3 Å². The number of alkyl halides is 1. The van der Waals surface area contributed by atoms with Crippen molar-refractivity contribution >= 4 is 0 Å². The summed E-state index contributed by atoms with van der Waals surface area (Å²) < 4.78 is 12.9. The first-order valence-corrected chi connectivity index (χ1v) is 5.12. The van der Waals surface area contributed by atoms with Crippen LogP contribution in [0.3, 0.4) is 0 Å². The summed E-state index contributed by atoms with van der Waals surface area (Å²) in [5, 5.41) is 0. The fourth-order valence-electron chi connectivity index (χ4n) is 1.86. The Bertz CT molecular complexity index is 312. The van der Waals surface area contributed by atoms with Gasteiger partial charge in [-0.2, -0.15) is 0 Å². The predicted octanol–water partition coefficient (Wildman–Crippen LogP) is 2.71. The zero-order valence-corrected chi connectivity index (χ0v) is 8.46. The average molecular weight is 193 g/mol. The zero-order valence-electron chi connectivity index (χ0n) is 8.46. The van der Waals surface area contributed by atoms with E-state index in [2.05, 4.69) is 0 Å². The summed E-state index contributed by atoms with van der Waals surface area (Å²) in [5.41, 5.74) is 7.96. The lowest BCUT2D eigenvalue weighted by Crippen LogP contribution is -2.19. The number of benzene rings is 1. The minimum absolute atomic E-state index is 0.220. The summed E-state index contributed by atoms with van der Waals surface area (Å²) in [7, 11) is 0. The molecule has 0 heterocycles. The Morgan fingerprint density at radius 2 is 1.93 bits per heavy atom. The van der Waals surface area contributed by atoms with Crippen molar-refractivity contribution in [1.82, 2.24) is 0 Å². The Morgan fingerprint density at radius 1 is 1.36 bits per heavy atom. The van der Waals surface area contributed by atoms with E-state index in [1.54, 1.807) is 6.92 Å². The molecule has 1 nitrogen and oxygen atoms in total. The molecule has 2 rings (SSSR count). The molecule has 1 fully saturated rings. The van der Waals surface area contributed by atoms with Crippen LogP contribution in [0.15, 0.2) is 24.3 Å². The van der Waals surface area contributed by atoms with E-state index >= 15 is 0 Å². The molecular weight excluding hydrogens is 177 g/mol. The van der Waals surface area contributed by atoms with Gasteiger partial charge in [0.15, 0.2) is 0 Å². The molecule has 1 atom stereocenters. The molecule has 1 unspecified atom stereocenters. The molecule has 2 heteroatoms. The quantitative estimate of drug-likeness (QED) is 0.784. The summed E-state index contributed by atoms with van der Waals surface area (Å²) in [6.45, 7) is 2.27. The van der Waals surface area contributed by atoms with Gasteiger partial charge in [0.1, 0.15) is 6.17 Å². The van der Waals surface area contributed by atoms with Crippen molar-refractivity contribution in [2.75, 3.05) is 6.54 Å². The summed E-state index contributed by atoms with van der Waals surface area (Å²) in [6.07, 6.45) is 1.47. The number of hydrogen-bond acceptors (Lipinski definition) is 1. The van der Waals surface area contributed by atoms with Gasteiger partial charge in [-0.15, -0.1) is 0 Å². The Hall–Kier alpha value is -0.890. The maximum atomic E-state index is 12.9.